The number of amides is 2. The Labute approximate surface area is 235 Å². The molecule has 2 unspecified atom stereocenters. The maximum absolute atomic E-state index is 14.4. The zero-order chi connectivity index (χ0) is 28.0. The highest BCUT2D eigenvalue weighted by atomic mass is 35.5. The minimum Gasteiger partial charge on any atom is -0.465 e. The zero-order valence-electron chi connectivity index (χ0n) is 22.4. The first kappa shape index (κ1) is 29.3. The van der Waals surface area contributed by atoms with Gasteiger partial charge < -0.3 is 24.4 Å². The number of carbonyl (C=O) groups is 3. The van der Waals surface area contributed by atoms with E-state index in [1.54, 1.807) is 46.2 Å². The monoisotopic (exact) mass is 558 g/mol. The number of nitrogens with zero attached hydrogens (tertiary/aromatic N) is 2. The van der Waals surface area contributed by atoms with Gasteiger partial charge in [-0.1, -0.05) is 36.6 Å². The molecule has 3 aliphatic heterocycles. The normalized spacial score (nSPS) is 26.9. The Kier molecular flexibility index (Phi) is 9.86. The number of benzene rings is 1. The van der Waals surface area contributed by atoms with Gasteiger partial charge in [0, 0.05) is 30.4 Å². The first-order valence-corrected chi connectivity index (χ1v) is 14.3. The number of halogens is 1. The molecule has 1 spiro atoms. The van der Waals surface area contributed by atoms with Crippen molar-refractivity contribution in [3.05, 3.63) is 54.6 Å². The first-order valence-electron chi connectivity index (χ1n) is 13.9. The van der Waals surface area contributed by atoms with E-state index in [4.69, 9.17) is 26.2 Å². The molecule has 1 aromatic carbocycles. The Morgan fingerprint density at radius 1 is 1.15 bits per heavy atom. The Hall–Kier alpha value is -2.68. The van der Waals surface area contributed by atoms with Crippen LogP contribution in [0.4, 0.5) is 5.69 Å². The molecular formula is C30H39ClN2O6. The van der Waals surface area contributed by atoms with Crippen molar-refractivity contribution in [3.63, 3.8) is 0 Å². The van der Waals surface area contributed by atoms with Crippen LogP contribution in [0, 0.1) is 11.8 Å². The average molecular weight is 559 g/mol. The molecule has 3 fully saturated rings. The second-order valence-electron chi connectivity index (χ2n) is 10.5. The topological polar surface area (TPSA) is 96.4 Å². The summed E-state index contributed by atoms with van der Waals surface area (Å²) in [5.41, 5.74) is -0.439. The highest BCUT2D eigenvalue weighted by molar-refractivity contribution is 6.30. The molecule has 4 rings (SSSR count). The lowest BCUT2D eigenvalue weighted by Crippen LogP contribution is -2.56. The molecule has 5 atom stereocenters. The minimum absolute atomic E-state index is 0.123. The third-order valence-corrected chi connectivity index (χ3v) is 8.38. The largest absolute Gasteiger partial charge is 0.465 e. The van der Waals surface area contributed by atoms with Crippen molar-refractivity contribution in [1.29, 1.82) is 0 Å². The molecule has 3 aliphatic rings. The number of hydrogen-bond acceptors (Lipinski definition) is 6. The van der Waals surface area contributed by atoms with Gasteiger partial charge >= 0.3 is 5.97 Å². The quantitative estimate of drug-likeness (QED) is 0.196. The summed E-state index contributed by atoms with van der Waals surface area (Å²) in [5.74, 6) is -2.40. The van der Waals surface area contributed by atoms with Crippen molar-refractivity contribution in [3.8, 4) is 0 Å². The molecular weight excluding hydrogens is 520 g/mol. The molecule has 0 radical (unpaired) electrons. The highest BCUT2D eigenvalue weighted by Gasteiger charge is 2.75. The van der Waals surface area contributed by atoms with E-state index < -0.39 is 35.6 Å². The van der Waals surface area contributed by atoms with E-state index >= 15 is 0 Å². The average Bonchev–Trinajstić information content (AvgIpc) is 3.57. The smallest absolute Gasteiger partial charge is 0.312 e. The number of ether oxygens (including phenoxy) is 2. The molecule has 8 nitrogen and oxygen atoms in total. The number of allylic oxidation sites excluding steroid dienone is 1. The number of aliphatic hydroxyl groups excluding tert-OH is 1. The Morgan fingerprint density at radius 2 is 1.90 bits per heavy atom. The van der Waals surface area contributed by atoms with Crippen LogP contribution >= 0.6 is 11.6 Å². The van der Waals surface area contributed by atoms with E-state index in [0.717, 1.165) is 19.3 Å². The molecule has 1 aromatic rings. The van der Waals surface area contributed by atoms with Crippen LogP contribution in [-0.2, 0) is 23.9 Å². The Balaban J connectivity index is 1.64. The number of anilines is 1. The molecule has 0 saturated carbocycles. The van der Waals surface area contributed by atoms with E-state index in [2.05, 4.69) is 13.2 Å². The Bertz CT molecular complexity index is 1060. The molecule has 9 heteroatoms. The SMILES string of the molecule is C=CCCCOC(=O)[C@@H]1[C@@H]2CCC3(O2)C(C(=O)N(CC=C)c2ccc(Cl)cc2)N(CCCCCCO)C(=O)[C@H]13. The lowest BCUT2D eigenvalue weighted by atomic mass is 9.70. The number of unbranched alkanes of at least 4 members (excludes halogenated alkanes) is 4. The maximum atomic E-state index is 14.4. The summed E-state index contributed by atoms with van der Waals surface area (Å²) in [6.45, 7) is 8.52. The molecule has 2 amide bonds. The summed E-state index contributed by atoms with van der Waals surface area (Å²) in [6, 6.07) is 6.11. The van der Waals surface area contributed by atoms with E-state index in [1.165, 1.54) is 0 Å². The lowest BCUT2D eigenvalue weighted by Gasteiger charge is -2.36. The van der Waals surface area contributed by atoms with Crippen molar-refractivity contribution in [2.45, 2.75) is 69.1 Å². The van der Waals surface area contributed by atoms with Crippen LogP contribution in [0.2, 0.25) is 5.02 Å². The number of hydrogen-bond donors (Lipinski definition) is 1. The second kappa shape index (κ2) is 13.1. The fraction of sp³-hybridized carbons (Fsp3) is 0.567. The molecule has 0 aliphatic carbocycles. The van der Waals surface area contributed by atoms with Crippen molar-refractivity contribution in [2.24, 2.45) is 11.8 Å². The number of likely N-dealkylation sites (tertiary alicyclic amines) is 1. The minimum atomic E-state index is -1.08. The van der Waals surface area contributed by atoms with Gasteiger partial charge in [0.1, 0.15) is 11.6 Å². The van der Waals surface area contributed by atoms with Crippen molar-refractivity contribution >= 4 is 35.1 Å². The molecule has 0 aromatic heterocycles. The fourth-order valence-corrected chi connectivity index (χ4v) is 6.53. The van der Waals surface area contributed by atoms with Crippen molar-refractivity contribution in [1.82, 2.24) is 4.90 Å². The van der Waals surface area contributed by atoms with Crippen LogP contribution in [0.5, 0.6) is 0 Å². The van der Waals surface area contributed by atoms with E-state index in [-0.39, 0.29) is 31.6 Å². The maximum Gasteiger partial charge on any atom is 0.312 e. The second-order valence-corrected chi connectivity index (χ2v) is 11.0. The van der Waals surface area contributed by atoms with Gasteiger partial charge in [0.2, 0.25) is 5.91 Å². The van der Waals surface area contributed by atoms with Crippen LogP contribution in [0.25, 0.3) is 0 Å². The molecule has 212 valence electrons. The molecule has 39 heavy (non-hydrogen) atoms. The Morgan fingerprint density at radius 3 is 2.59 bits per heavy atom. The van der Waals surface area contributed by atoms with Gasteiger partial charge in [-0.05, 0) is 62.8 Å². The van der Waals surface area contributed by atoms with Gasteiger partial charge in [-0.2, -0.15) is 0 Å². The summed E-state index contributed by atoms with van der Waals surface area (Å²) in [5, 5.41) is 9.68. The highest BCUT2D eigenvalue weighted by Crippen LogP contribution is 2.59. The van der Waals surface area contributed by atoms with Gasteiger partial charge in [-0.25, -0.2) is 0 Å². The molecule has 1 N–H and O–H groups in total. The standard InChI is InChI=1S/C30H39ClN2O6/c1-3-5-10-20-38-29(37)24-23-15-16-30(39-23)25(24)27(35)33(18-8-6-7-9-19-34)26(30)28(36)32(17-4-2)22-13-11-21(31)12-14-22/h3-4,11-14,23-26,34H,1-2,5-10,15-20H2/t23-,24+,25-,26?,30?/m0/s1. The number of fused-ring (bicyclic) bond motifs is 1. The molecule has 3 heterocycles. The zero-order valence-corrected chi connectivity index (χ0v) is 23.2. The van der Waals surface area contributed by atoms with Gasteiger partial charge in [-0.3, -0.25) is 14.4 Å². The van der Waals surface area contributed by atoms with E-state index in [9.17, 15) is 14.4 Å². The number of aliphatic hydroxyl groups is 1. The van der Waals surface area contributed by atoms with Crippen LogP contribution in [-0.4, -0.2) is 71.8 Å². The van der Waals surface area contributed by atoms with E-state index in [1.807, 2.05) is 0 Å². The number of carbonyl (C=O) groups excluding carboxylic acids is 3. The first-order chi connectivity index (χ1) is 18.9. The van der Waals surface area contributed by atoms with Crippen molar-refractivity contribution in [2.75, 3.05) is 31.2 Å². The number of rotatable bonds is 15. The number of esters is 1. The van der Waals surface area contributed by atoms with Crippen LogP contribution in [0.15, 0.2) is 49.6 Å². The fourth-order valence-electron chi connectivity index (χ4n) is 6.41. The summed E-state index contributed by atoms with van der Waals surface area (Å²) in [7, 11) is 0. The van der Waals surface area contributed by atoms with Crippen molar-refractivity contribution < 1.29 is 29.0 Å². The predicted octanol–water partition coefficient (Wildman–Crippen LogP) is 4.30. The predicted molar refractivity (Wildman–Crippen MR) is 149 cm³/mol. The van der Waals surface area contributed by atoms with Crippen LogP contribution in [0.3, 0.4) is 0 Å². The van der Waals surface area contributed by atoms with E-state index in [0.29, 0.717) is 49.4 Å². The molecule has 3 saturated heterocycles. The van der Waals surface area contributed by atoms with Crippen LogP contribution in [0.1, 0.15) is 51.4 Å². The van der Waals surface area contributed by atoms with Gasteiger partial charge in [0.15, 0.2) is 0 Å². The third-order valence-electron chi connectivity index (χ3n) is 8.13. The third kappa shape index (κ3) is 5.79. The van der Waals surface area contributed by atoms with Gasteiger partial charge in [0.25, 0.3) is 5.91 Å². The molecule has 2 bridgehead atoms. The summed E-state index contributed by atoms with van der Waals surface area (Å²) >= 11 is 6.10. The summed E-state index contributed by atoms with van der Waals surface area (Å²) in [4.78, 5) is 44.9. The van der Waals surface area contributed by atoms with Crippen LogP contribution < -0.4 is 4.90 Å². The summed E-state index contributed by atoms with van der Waals surface area (Å²) in [6.07, 6.45) is 8.49. The van der Waals surface area contributed by atoms with Gasteiger partial charge in [-0.15, -0.1) is 13.2 Å². The summed E-state index contributed by atoms with van der Waals surface area (Å²) < 4.78 is 12.1. The van der Waals surface area contributed by atoms with Gasteiger partial charge in [0.05, 0.1) is 24.5 Å². The lowest BCUT2D eigenvalue weighted by molar-refractivity contribution is -0.155.